The minimum absolute atomic E-state index is 0.0787. The molecule has 0 bridgehead atoms. The number of fused-ring (bicyclic) bond motifs is 1. The Kier molecular flexibility index (Phi) is 3.80. The zero-order valence-corrected chi connectivity index (χ0v) is 11.4. The van der Waals surface area contributed by atoms with Crippen LogP contribution in [-0.4, -0.2) is 26.0 Å². The Morgan fingerprint density at radius 1 is 1.47 bits per heavy atom. The van der Waals surface area contributed by atoms with Gasteiger partial charge >= 0.3 is 0 Å². The van der Waals surface area contributed by atoms with E-state index in [1.54, 1.807) is 23.9 Å². The number of hydrogen-bond donors (Lipinski definition) is 1. The maximum atomic E-state index is 11.9. The van der Waals surface area contributed by atoms with Crippen LogP contribution in [0.15, 0.2) is 29.2 Å². The molecule has 0 saturated heterocycles. The molecule has 0 aliphatic carbocycles. The van der Waals surface area contributed by atoms with Crippen molar-refractivity contribution in [2.75, 3.05) is 11.5 Å². The highest BCUT2D eigenvalue weighted by Gasteiger charge is 2.34. The van der Waals surface area contributed by atoms with Gasteiger partial charge in [0, 0.05) is 11.3 Å². The lowest BCUT2D eigenvalue weighted by atomic mass is 10.2. The Morgan fingerprint density at radius 2 is 2.18 bits per heavy atom. The molecule has 0 saturated carbocycles. The number of thioether (sulfide) groups is 1. The zero-order chi connectivity index (χ0) is 12.5. The normalized spacial score (nSPS) is 23.3. The summed E-state index contributed by atoms with van der Waals surface area (Å²) in [6, 6.07) is 7.49. The standard InChI is InChI=1S/C12H17NO2S2/c1-9(13)6-7-16-11-8-17(14,15)12-5-3-2-4-10(11)12/h2-5,9,11H,6-8,13H2,1H3. The van der Waals surface area contributed by atoms with Crippen molar-refractivity contribution >= 4 is 21.6 Å². The maximum Gasteiger partial charge on any atom is 0.180 e. The van der Waals surface area contributed by atoms with Crippen molar-refractivity contribution in [1.29, 1.82) is 0 Å². The fraction of sp³-hybridized carbons (Fsp3) is 0.500. The van der Waals surface area contributed by atoms with Crippen molar-refractivity contribution in [3.63, 3.8) is 0 Å². The third-order valence-corrected chi connectivity index (χ3v) is 6.18. The van der Waals surface area contributed by atoms with Gasteiger partial charge in [-0.05, 0) is 30.7 Å². The van der Waals surface area contributed by atoms with E-state index >= 15 is 0 Å². The van der Waals surface area contributed by atoms with Crippen LogP contribution in [-0.2, 0) is 9.84 Å². The van der Waals surface area contributed by atoms with Crippen LogP contribution < -0.4 is 5.73 Å². The van der Waals surface area contributed by atoms with Gasteiger partial charge in [0.2, 0.25) is 0 Å². The van der Waals surface area contributed by atoms with Gasteiger partial charge in [0.25, 0.3) is 0 Å². The quantitative estimate of drug-likeness (QED) is 0.909. The number of rotatable bonds is 4. The summed E-state index contributed by atoms with van der Waals surface area (Å²) in [6.07, 6.45) is 0.920. The van der Waals surface area contributed by atoms with E-state index in [1.165, 1.54) is 0 Å². The van der Waals surface area contributed by atoms with E-state index in [1.807, 2.05) is 19.1 Å². The molecule has 1 aromatic rings. The van der Waals surface area contributed by atoms with Gasteiger partial charge in [0.05, 0.1) is 10.6 Å². The van der Waals surface area contributed by atoms with Crippen LogP contribution in [0, 0.1) is 0 Å². The molecule has 0 aromatic heterocycles. The van der Waals surface area contributed by atoms with Crippen LogP contribution in [0.25, 0.3) is 0 Å². The van der Waals surface area contributed by atoms with Crippen LogP contribution >= 0.6 is 11.8 Å². The summed E-state index contributed by atoms with van der Waals surface area (Å²) in [5, 5.41) is 0.0787. The lowest BCUT2D eigenvalue weighted by Gasteiger charge is -2.10. The molecule has 0 spiro atoms. The first kappa shape index (κ1) is 12.9. The minimum Gasteiger partial charge on any atom is -0.328 e. The number of hydrogen-bond acceptors (Lipinski definition) is 4. The molecule has 1 aromatic carbocycles. The van der Waals surface area contributed by atoms with Crippen molar-refractivity contribution in [3.8, 4) is 0 Å². The first-order valence-electron chi connectivity index (χ1n) is 5.69. The predicted octanol–water partition coefficient (Wildman–Crippen LogP) is 1.99. The minimum atomic E-state index is -3.06. The molecule has 1 aliphatic heterocycles. The summed E-state index contributed by atoms with van der Waals surface area (Å²) >= 11 is 1.70. The highest BCUT2D eigenvalue weighted by Crippen LogP contribution is 2.41. The van der Waals surface area contributed by atoms with Gasteiger partial charge in [-0.1, -0.05) is 18.2 Å². The molecule has 2 rings (SSSR count). The number of nitrogens with two attached hydrogens (primary N) is 1. The summed E-state index contributed by atoms with van der Waals surface area (Å²) < 4.78 is 23.8. The third kappa shape index (κ3) is 2.84. The van der Waals surface area contributed by atoms with Crippen LogP contribution in [0.4, 0.5) is 0 Å². The van der Waals surface area contributed by atoms with Gasteiger partial charge in [-0.2, -0.15) is 11.8 Å². The van der Waals surface area contributed by atoms with Crippen molar-refractivity contribution < 1.29 is 8.42 Å². The topological polar surface area (TPSA) is 60.2 Å². The zero-order valence-electron chi connectivity index (χ0n) is 9.80. The highest BCUT2D eigenvalue weighted by atomic mass is 32.2. The lowest BCUT2D eigenvalue weighted by Crippen LogP contribution is -2.15. The molecule has 0 fully saturated rings. The maximum absolute atomic E-state index is 11.9. The summed E-state index contributed by atoms with van der Waals surface area (Å²) in [5.41, 5.74) is 6.65. The van der Waals surface area contributed by atoms with Gasteiger partial charge in [-0.15, -0.1) is 0 Å². The van der Waals surface area contributed by atoms with E-state index in [0.29, 0.717) is 4.90 Å². The Balaban J connectivity index is 2.13. The van der Waals surface area contributed by atoms with E-state index in [9.17, 15) is 8.42 Å². The number of sulfone groups is 1. The van der Waals surface area contributed by atoms with Crippen LogP contribution in [0.3, 0.4) is 0 Å². The average Bonchev–Trinajstić information content (AvgIpc) is 2.51. The van der Waals surface area contributed by atoms with E-state index in [4.69, 9.17) is 5.73 Å². The Bertz CT molecular complexity index is 497. The van der Waals surface area contributed by atoms with Crippen molar-refractivity contribution in [3.05, 3.63) is 29.8 Å². The van der Waals surface area contributed by atoms with E-state index in [-0.39, 0.29) is 17.0 Å². The molecule has 2 atom stereocenters. The van der Waals surface area contributed by atoms with Gasteiger partial charge in [-0.3, -0.25) is 0 Å². The van der Waals surface area contributed by atoms with Crippen molar-refractivity contribution in [2.24, 2.45) is 5.73 Å². The van der Waals surface area contributed by atoms with Crippen LogP contribution in [0.5, 0.6) is 0 Å². The monoisotopic (exact) mass is 271 g/mol. The SMILES string of the molecule is CC(N)CCSC1CS(=O)(=O)c2ccccc21. The molecule has 1 aliphatic rings. The number of benzene rings is 1. The molecule has 0 radical (unpaired) electrons. The van der Waals surface area contributed by atoms with Gasteiger partial charge in [0.15, 0.2) is 9.84 Å². The summed E-state index contributed by atoms with van der Waals surface area (Å²) in [7, 11) is -3.06. The van der Waals surface area contributed by atoms with E-state index in [0.717, 1.165) is 17.7 Å². The molecule has 17 heavy (non-hydrogen) atoms. The van der Waals surface area contributed by atoms with Gasteiger partial charge in [0.1, 0.15) is 0 Å². The molecule has 2 unspecified atom stereocenters. The fourth-order valence-corrected chi connectivity index (χ4v) is 5.73. The molecule has 94 valence electrons. The van der Waals surface area contributed by atoms with Gasteiger partial charge in [-0.25, -0.2) is 8.42 Å². The highest BCUT2D eigenvalue weighted by molar-refractivity contribution is 8.01. The van der Waals surface area contributed by atoms with Crippen LogP contribution in [0.1, 0.15) is 24.2 Å². The molecule has 5 heteroatoms. The van der Waals surface area contributed by atoms with Crippen molar-refractivity contribution in [1.82, 2.24) is 0 Å². The molecule has 2 N–H and O–H groups in total. The second-order valence-corrected chi connectivity index (χ2v) is 7.76. The van der Waals surface area contributed by atoms with Gasteiger partial charge < -0.3 is 5.73 Å². The Labute approximate surface area is 107 Å². The second kappa shape index (κ2) is 5.00. The Morgan fingerprint density at radius 3 is 2.88 bits per heavy atom. The van der Waals surface area contributed by atoms with E-state index < -0.39 is 9.84 Å². The first-order chi connectivity index (χ1) is 8.00. The summed E-state index contributed by atoms with van der Waals surface area (Å²) in [6.45, 7) is 1.97. The summed E-state index contributed by atoms with van der Waals surface area (Å²) in [5.74, 6) is 1.14. The largest absolute Gasteiger partial charge is 0.328 e. The predicted molar refractivity (Wildman–Crippen MR) is 72.0 cm³/mol. The first-order valence-corrected chi connectivity index (χ1v) is 8.39. The summed E-state index contributed by atoms with van der Waals surface area (Å²) in [4.78, 5) is 0.512. The molecular formula is C12H17NO2S2. The van der Waals surface area contributed by atoms with E-state index in [2.05, 4.69) is 0 Å². The van der Waals surface area contributed by atoms with Crippen molar-refractivity contribution in [2.45, 2.75) is 29.5 Å². The smallest absolute Gasteiger partial charge is 0.180 e. The molecular weight excluding hydrogens is 254 g/mol. The average molecular weight is 271 g/mol. The molecule has 0 amide bonds. The molecule has 1 heterocycles. The fourth-order valence-electron chi connectivity index (χ4n) is 1.94. The van der Waals surface area contributed by atoms with Crippen LogP contribution in [0.2, 0.25) is 0 Å². The second-order valence-electron chi connectivity index (χ2n) is 4.44. The molecule has 3 nitrogen and oxygen atoms in total. The Hall–Kier alpha value is -0.520. The lowest BCUT2D eigenvalue weighted by molar-refractivity contribution is 0.600. The third-order valence-electron chi connectivity index (χ3n) is 2.86.